The van der Waals surface area contributed by atoms with E-state index in [0.717, 1.165) is 6.42 Å². The molecule has 0 N–H and O–H groups in total. The molecular formula is C21H24N2O6S. The highest BCUT2D eigenvalue weighted by molar-refractivity contribution is 7.89. The van der Waals surface area contributed by atoms with E-state index in [2.05, 4.69) is 0 Å². The quantitative estimate of drug-likeness (QED) is 0.392. The number of nitro benzene ring substituents is 1. The maximum Gasteiger partial charge on any atom is 0.338 e. The molecule has 0 aromatic heterocycles. The Morgan fingerprint density at radius 3 is 2.37 bits per heavy atom. The van der Waals surface area contributed by atoms with Crippen molar-refractivity contribution in [2.75, 3.05) is 13.1 Å². The van der Waals surface area contributed by atoms with Crippen LogP contribution in [-0.4, -0.2) is 36.7 Å². The van der Waals surface area contributed by atoms with E-state index in [1.807, 2.05) is 13.8 Å². The molecule has 1 aliphatic heterocycles. The smallest absolute Gasteiger partial charge is 0.338 e. The molecule has 0 radical (unpaired) electrons. The number of piperidine rings is 1. The van der Waals surface area contributed by atoms with E-state index >= 15 is 0 Å². The van der Waals surface area contributed by atoms with Crippen molar-refractivity contribution in [1.29, 1.82) is 0 Å². The molecule has 0 amide bonds. The van der Waals surface area contributed by atoms with Crippen molar-refractivity contribution in [2.45, 2.75) is 31.8 Å². The summed E-state index contributed by atoms with van der Waals surface area (Å²) in [5, 5.41) is 10.7. The molecule has 0 saturated carbocycles. The molecule has 2 unspecified atom stereocenters. The number of nitro groups is 1. The minimum atomic E-state index is -3.70. The van der Waals surface area contributed by atoms with E-state index in [9.17, 15) is 23.3 Å². The molecule has 2 atom stereocenters. The Hall–Kier alpha value is -2.78. The third kappa shape index (κ3) is 5.03. The summed E-state index contributed by atoms with van der Waals surface area (Å²) in [4.78, 5) is 22.7. The van der Waals surface area contributed by atoms with Crippen molar-refractivity contribution in [3.05, 3.63) is 69.8 Å². The lowest BCUT2D eigenvalue weighted by Gasteiger charge is -2.34. The van der Waals surface area contributed by atoms with E-state index in [-0.39, 0.29) is 34.6 Å². The number of nitrogens with zero attached hydrogens (tertiary/aromatic N) is 2. The fourth-order valence-electron chi connectivity index (χ4n) is 3.68. The van der Waals surface area contributed by atoms with Gasteiger partial charge in [0.15, 0.2) is 0 Å². The van der Waals surface area contributed by atoms with Gasteiger partial charge in [-0.1, -0.05) is 19.9 Å². The summed E-state index contributed by atoms with van der Waals surface area (Å²) in [5.74, 6) is -0.109. The summed E-state index contributed by atoms with van der Waals surface area (Å²) in [7, 11) is -3.70. The van der Waals surface area contributed by atoms with Gasteiger partial charge in [-0.15, -0.1) is 0 Å². The van der Waals surface area contributed by atoms with Crippen molar-refractivity contribution in [3.8, 4) is 0 Å². The molecule has 9 heteroatoms. The summed E-state index contributed by atoms with van der Waals surface area (Å²) < 4.78 is 32.8. The largest absolute Gasteiger partial charge is 0.457 e. The first-order valence-corrected chi connectivity index (χ1v) is 11.1. The maximum absolute atomic E-state index is 13.0. The van der Waals surface area contributed by atoms with Crippen molar-refractivity contribution in [3.63, 3.8) is 0 Å². The third-order valence-corrected chi connectivity index (χ3v) is 6.89. The number of ether oxygens (including phenoxy) is 1. The zero-order chi connectivity index (χ0) is 21.9. The van der Waals surface area contributed by atoms with E-state index in [1.54, 1.807) is 0 Å². The molecule has 1 fully saturated rings. The van der Waals surface area contributed by atoms with Gasteiger partial charge >= 0.3 is 5.97 Å². The zero-order valence-corrected chi connectivity index (χ0v) is 17.7. The van der Waals surface area contributed by atoms with Crippen LogP contribution in [0.2, 0.25) is 0 Å². The summed E-state index contributed by atoms with van der Waals surface area (Å²) in [6.45, 7) is 4.91. The highest BCUT2D eigenvalue weighted by atomic mass is 32.2. The number of carbonyl (C=O) groups is 1. The molecule has 0 aliphatic carbocycles. The molecule has 1 saturated heterocycles. The summed E-state index contributed by atoms with van der Waals surface area (Å²) in [5.41, 5.74) is 0.675. The number of hydrogen-bond donors (Lipinski definition) is 0. The number of non-ortho nitro benzene ring substituents is 1. The fraction of sp³-hybridized carbons (Fsp3) is 0.381. The summed E-state index contributed by atoms with van der Waals surface area (Å²) in [6, 6.07) is 11.5. The Labute approximate surface area is 175 Å². The van der Waals surface area contributed by atoms with Gasteiger partial charge in [0.25, 0.3) is 5.69 Å². The first kappa shape index (κ1) is 21.9. The normalized spacial score (nSPS) is 19.9. The SMILES string of the molecule is CC1CC(C)CN(S(=O)(=O)c2cccc(C(=O)OCc3ccc([N+](=O)[O-])cc3)c2)C1. The van der Waals surface area contributed by atoms with Crippen LogP contribution >= 0.6 is 0 Å². The van der Waals surface area contributed by atoms with Crippen LogP contribution in [0.3, 0.4) is 0 Å². The van der Waals surface area contributed by atoms with E-state index < -0.39 is 20.9 Å². The highest BCUT2D eigenvalue weighted by Gasteiger charge is 2.32. The van der Waals surface area contributed by atoms with Gasteiger partial charge in [0.05, 0.1) is 15.4 Å². The predicted molar refractivity (Wildman–Crippen MR) is 110 cm³/mol. The molecule has 8 nitrogen and oxygen atoms in total. The van der Waals surface area contributed by atoms with E-state index in [1.165, 1.54) is 52.8 Å². The van der Waals surface area contributed by atoms with Crippen LogP contribution in [0.15, 0.2) is 53.4 Å². The summed E-state index contributed by atoms with van der Waals surface area (Å²) >= 11 is 0. The minimum Gasteiger partial charge on any atom is -0.457 e. The lowest BCUT2D eigenvalue weighted by molar-refractivity contribution is -0.384. The van der Waals surface area contributed by atoms with Crippen LogP contribution in [0.25, 0.3) is 0 Å². The average Bonchev–Trinajstić information content (AvgIpc) is 2.71. The average molecular weight is 432 g/mol. The van der Waals surface area contributed by atoms with Crippen LogP contribution in [0.4, 0.5) is 5.69 Å². The van der Waals surface area contributed by atoms with Crippen molar-refractivity contribution in [2.24, 2.45) is 11.8 Å². The van der Waals surface area contributed by atoms with Gasteiger partial charge in [-0.05, 0) is 54.2 Å². The maximum atomic E-state index is 13.0. The van der Waals surface area contributed by atoms with Gasteiger partial charge in [-0.2, -0.15) is 4.31 Å². The van der Waals surface area contributed by atoms with Crippen LogP contribution in [0.1, 0.15) is 36.2 Å². The van der Waals surface area contributed by atoms with E-state index in [4.69, 9.17) is 4.74 Å². The molecule has 2 aromatic carbocycles. The predicted octanol–water partition coefficient (Wildman–Crippen LogP) is 3.62. The Bertz CT molecular complexity index is 1030. The van der Waals surface area contributed by atoms with Gasteiger partial charge in [0.1, 0.15) is 6.61 Å². The number of carbonyl (C=O) groups excluding carboxylic acids is 1. The number of hydrogen-bond acceptors (Lipinski definition) is 6. The van der Waals surface area contributed by atoms with Gasteiger partial charge in [0.2, 0.25) is 10.0 Å². The van der Waals surface area contributed by atoms with Gasteiger partial charge in [-0.3, -0.25) is 10.1 Å². The Morgan fingerprint density at radius 1 is 1.13 bits per heavy atom. The monoisotopic (exact) mass is 432 g/mol. The molecular weight excluding hydrogens is 408 g/mol. The second kappa shape index (κ2) is 8.93. The van der Waals surface area contributed by atoms with Crippen LogP contribution in [0.5, 0.6) is 0 Å². The zero-order valence-electron chi connectivity index (χ0n) is 16.9. The second-order valence-corrected chi connectivity index (χ2v) is 9.73. The first-order valence-electron chi connectivity index (χ1n) is 9.67. The van der Waals surface area contributed by atoms with Crippen molar-refractivity contribution < 1.29 is 22.9 Å². The fourth-order valence-corrected chi connectivity index (χ4v) is 5.41. The highest BCUT2D eigenvalue weighted by Crippen LogP contribution is 2.27. The molecule has 2 aromatic rings. The van der Waals surface area contributed by atoms with Crippen LogP contribution < -0.4 is 0 Å². The first-order chi connectivity index (χ1) is 14.2. The van der Waals surface area contributed by atoms with Crippen molar-refractivity contribution in [1.82, 2.24) is 4.31 Å². The molecule has 30 heavy (non-hydrogen) atoms. The number of rotatable bonds is 6. The molecule has 160 valence electrons. The molecule has 1 aliphatic rings. The molecule has 1 heterocycles. The second-order valence-electron chi connectivity index (χ2n) is 7.80. The Kier molecular flexibility index (Phi) is 6.52. The molecule has 0 spiro atoms. The Morgan fingerprint density at radius 2 is 1.77 bits per heavy atom. The van der Waals surface area contributed by atoms with Gasteiger partial charge in [-0.25, -0.2) is 13.2 Å². The van der Waals surface area contributed by atoms with Gasteiger partial charge in [0, 0.05) is 25.2 Å². The topological polar surface area (TPSA) is 107 Å². The molecule has 3 rings (SSSR count). The standard InChI is InChI=1S/C21H24N2O6S/c1-15-10-16(2)13-22(12-15)30(27,28)20-5-3-4-18(11-20)21(24)29-14-17-6-8-19(9-7-17)23(25)26/h3-9,11,15-16H,10,12-14H2,1-2H3. The van der Waals surface area contributed by atoms with Crippen LogP contribution in [0, 0.1) is 22.0 Å². The number of sulfonamides is 1. The number of benzene rings is 2. The minimum absolute atomic E-state index is 0.0515. The van der Waals surface area contributed by atoms with Crippen molar-refractivity contribution >= 4 is 21.7 Å². The van der Waals surface area contributed by atoms with Gasteiger partial charge < -0.3 is 4.74 Å². The Balaban J connectivity index is 1.71. The third-order valence-electron chi connectivity index (χ3n) is 5.06. The lowest BCUT2D eigenvalue weighted by atomic mass is 9.94. The number of esters is 1. The summed E-state index contributed by atoms with van der Waals surface area (Å²) in [6.07, 6.45) is 0.987. The lowest BCUT2D eigenvalue weighted by Crippen LogP contribution is -2.42. The van der Waals surface area contributed by atoms with Crippen LogP contribution in [-0.2, 0) is 21.4 Å². The van der Waals surface area contributed by atoms with E-state index in [0.29, 0.717) is 18.7 Å². The molecule has 0 bridgehead atoms.